The van der Waals surface area contributed by atoms with E-state index in [1.54, 1.807) is 6.20 Å². The molecule has 1 atom stereocenters. The van der Waals surface area contributed by atoms with E-state index in [9.17, 15) is 8.42 Å². The molecule has 7 heteroatoms. The Labute approximate surface area is 143 Å². The molecule has 1 aromatic carbocycles. The molecule has 2 heterocycles. The molecule has 0 spiro atoms. The minimum Gasteiger partial charge on any atom is -0.299 e. The molecule has 1 saturated heterocycles. The van der Waals surface area contributed by atoms with Crippen molar-refractivity contribution < 1.29 is 8.42 Å². The van der Waals surface area contributed by atoms with Gasteiger partial charge in [0.1, 0.15) is 0 Å². The molecule has 1 aromatic heterocycles. The Kier molecular flexibility index (Phi) is 5.03. The molecular formula is C17H24N4O2S. The van der Waals surface area contributed by atoms with E-state index in [4.69, 9.17) is 0 Å². The molecule has 1 aliphatic rings. The molecule has 0 radical (unpaired) electrons. The molecule has 0 bridgehead atoms. The van der Waals surface area contributed by atoms with E-state index in [1.165, 1.54) is 17.4 Å². The maximum Gasteiger partial charge on any atom is 0.208 e. The molecule has 24 heavy (non-hydrogen) atoms. The van der Waals surface area contributed by atoms with Gasteiger partial charge in [-0.2, -0.15) is 5.10 Å². The summed E-state index contributed by atoms with van der Waals surface area (Å²) in [6.45, 7) is 5.37. The van der Waals surface area contributed by atoms with Crippen molar-refractivity contribution in [2.45, 2.75) is 19.9 Å². The molecule has 0 aliphatic carbocycles. The van der Waals surface area contributed by atoms with Crippen molar-refractivity contribution in [1.29, 1.82) is 0 Å². The Hall–Kier alpha value is -1.70. The second-order valence-electron chi connectivity index (χ2n) is 6.59. The largest absolute Gasteiger partial charge is 0.299 e. The van der Waals surface area contributed by atoms with Gasteiger partial charge in [-0.3, -0.25) is 4.90 Å². The smallest absolute Gasteiger partial charge is 0.208 e. The highest BCUT2D eigenvalue weighted by atomic mass is 32.2. The van der Waals surface area contributed by atoms with E-state index in [-0.39, 0.29) is 0 Å². The van der Waals surface area contributed by atoms with Crippen molar-refractivity contribution in [3.63, 3.8) is 0 Å². The summed E-state index contributed by atoms with van der Waals surface area (Å²) in [4.78, 5) is 2.39. The summed E-state index contributed by atoms with van der Waals surface area (Å²) in [6, 6.07) is 8.34. The zero-order valence-corrected chi connectivity index (χ0v) is 15.0. The van der Waals surface area contributed by atoms with Crippen LogP contribution in [0.25, 0.3) is 5.69 Å². The van der Waals surface area contributed by atoms with Crippen LogP contribution >= 0.6 is 0 Å². The van der Waals surface area contributed by atoms with Gasteiger partial charge in [0.25, 0.3) is 0 Å². The Morgan fingerprint density at radius 3 is 2.92 bits per heavy atom. The van der Waals surface area contributed by atoms with Crippen LogP contribution in [0.15, 0.2) is 36.7 Å². The van der Waals surface area contributed by atoms with Crippen LogP contribution < -0.4 is 4.72 Å². The summed E-state index contributed by atoms with van der Waals surface area (Å²) in [5.74, 6) is 0.373. The first kappa shape index (κ1) is 17.1. The van der Waals surface area contributed by atoms with Gasteiger partial charge in [0.05, 0.1) is 11.9 Å². The number of benzene rings is 1. The van der Waals surface area contributed by atoms with E-state index < -0.39 is 10.0 Å². The number of aryl methyl sites for hydroxylation is 1. The normalized spacial score (nSPS) is 19.0. The highest BCUT2D eigenvalue weighted by Crippen LogP contribution is 2.22. The Morgan fingerprint density at radius 1 is 1.38 bits per heavy atom. The van der Waals surface area contributed by atoms with Gasteiger partial charge in [0.15, 0.2) is 0 Å². The fourth-order valence-corrected chi connectivity index (χ4v) is 3.75. The van der Waals surface area contributed by atoms with Crippen LogP contribution in [0.1, 0.15) is 17.5 Å². The number of hydrogen-bond donors (Lipinski definition) is 1. The van der Waals surface area contributed by atoms with Gasteiger partial charge in [-0.25, -0.2) is 17.8 Å². The summed E-state index contributed by atoms with van der Waals surface area (Å²) < 4.78 is 27.0. The van der Waals surface area contributed by atoms with E-state index in [0.29, 0.717) is 12.5 Å². The van der Waals surface area contributed by atoms with E-state index in [0.717, 1.165) is 31.7 Å². The predicted molar refractivity (Wildman–Crippen MR) is 94.5 cm³/mol. The molecule has 3 rings (SSSR count). The van der Waals surface area contributed by atoms with E-state index >= 15 is 0 Å². The predicted octanol–water partition coefficient (Wildman–Crippen LogP) is 1.55. The third kappa shape index (κ3) is 4.43. The Balaban J connectivity index is 1.68. The first-order chi connectivity index (χ1) is 11.4. The molecular weight excluding hydrogens is 324 g/mol. The van der Waals surface area contributed by atoms with Crippen LogP contribution in [0.3, 0.4) is 0 Å². The average molecular weight is 348 g/mol. The summed E-state index contributed by atoms with van der Waals surface area (Å²) in [7, 11) is -3.11. The summed E-state index contributed by atoms with van der Waals surface area (Å²) in [5, 5.41) is 4.34. The number of hydrogen-bond acceptors (Lipinski definition) is 4. The third-order valence-corrected chi connectivity index (χ3v) is 5.08. The van der Waals surface area contributed by atoms with Crippen LogP contribution in [0.5, 0.6) is 0 Å². The fourth-order valence-electron chi connectivity index (χ4n) is 3.21. The molecule has 1 N–H and O–H groups in total. The quantitative estimate of drug-likeness (QED) is 0.860. The number of nitrogens with zero attached hydrogens (tertiary/aromatic N) is 3. The second-order valence-corrected chi connectivity index (χ2v) is 8.43. The monoisotopic (exact) mass is 348 g/mol. The van der Waals surface area contributed by atoms with Gasteiger partial charge < -0.3 is 0 Å². The topological polar surface area (TPSA) is 67.2 Å². The number of rotatable bonds is 6. The molecule has 0 unspecified atom stereocenters. The van der Waals surface area contributed by atoms with E-state index in [2.05, 4.69) is 39.8 Å². The Morgan fingerprint density at radius 2 is 2.21 bits per heavy atom. The molecule has 130 valence electrons. The molecule has 6 nitrogen and oxygen atoms in total. The van der Waals surface area contributed by atoms with Crippen molar-refractivity contribution in [3.8, 4) is 5.69 Å². The number of sulfonamides is 1. The summed E-state index contributed by atoms with van der Waals surface area (Å²) >= 11 is 0. The lowest BCUT2D eigenvalue weighted by Crippen LogP contribution is -2.30. The van der Waals surface area contributed by atoms with Gasteiger partial charge in [0, 0.05) is 32.0 Å². The maximum atomic E-state index is 11.2. The van der Waals surface area contributed by atoms with Crippen LogP contribution in [0.4, 0.5) is 0 Å². The fraction of sp³-hybridized carbons (Fsp3) is 0.471. The van der Waals surface area contributed by atoms with Crippen molar-refractivity contribution in [2.24, 2.45) is 5.92 Å². The van der Waals surface area contributed by atoms with Gasteiger partial charge in [-0.15, -0.1) is 0 Å². The molecule has 2 aromatic rings. The molecule has 0 amide bonds. The summed E-state index contributed by atoms with van der Waals surface area (Å²) in [6.07, 6.45) is 5.97. The van der Waals surface area contributed by atoms with Gasteiger partial charge in [-0.1, -0.05) is 17.7 Å². The van der Waals surface area contributed by atoms with Crippen LogP contribution in [0.2, 0.25) is 0 Å². The van der Waals surface area contributed by atoms with Crippen LogP contribution in [0, 0.1) is 12.8 Å². The SMILES string of the molecule is Cc1ccc(-n2cccn2)c(CN2CC[C@@H](CNS(C)(=O)=O)C2)c1. The number of nitrogens with one attached hydrogen (secondary N) is 1. The maximum absolute atomic E-state index is 11.2. The lowest BCUT2D eigenvalue weighted by Gasteiger charge is -2.19. The zero-order valence-electron chi connectivity index (χ0n) is 14.1. The third-order valence-electron chi connectivity index (χ3n) is 4.38. The van der Waals surface area contributed by atoms with Crippen molar-refractivity contribution in [2.75, 3.05) is 25.9 Å². The highest BCUT2D eigenvalue weighted by molar-refractivity contribution is 7.88. The standard InChI is InChI=1S/C17H24N4O2S/c1-14-4-5-17(21-8-3-7-18-21)16(10-14)13-20-9-6-15(12-20)11-19-24(2,22)23/h3-5,7-8,10,15,19H,6,9,11-13H2,1-2H3/t15-/m0/s1. The second kappa shape index (κ2) is 7.04. The van der Waals surface area contributed by atoms with Crippen LogP contribution in [-0.4, -0.2) is 49.0 Å². The van der Waals surface area contributed by atoms with Crippen molar-refractivity contribution >= 4 is 10.0 Å². The van der Waals surface area contributed by atoms with Crippen LogP contribution in [-0.2, 0) is 16.6 Å². The zero-order chi connectivity index (χ0) is 17.2. The van der Waals surface area contributed by atoms with E-state index in [1.807, 2.05) is 16.9 Å². The minimum atomic E-state index is -3.11. The average Bonchev–Trinajstić information content (AvgIpc) is 3.16. The number of likely N-dealkylation sites (tertiary alicyclic amines) is 1. The highest BCUT2D eigenvalue weighted by Gasteiger charge is 2.24. The van der Waals surface area contributed by atoms with Crippen molar-refractivity contribution in [3.05, 3.63) is 47.8 Å². The lowest BCUT2D eigenvalue weighted by atomic mass is 10.1. The Bertz CT molecular complexity index is 787. The first-order valence-corrected chi connectivity index (χ1v) is 10.1. The lowest BCUT2D eigenvalue weighted by molar-refractivity contribution is 0.316. The first-order valence-electron chi connectivity index (χ1n) is 8.17. The molecule has 1 aliphatic heterocycles. The minimum absolute atomic E-state index is 0.373. The molecule has 0 saturated carbocycles. The van der Waals surface area contributed by atoms with Crippen molar-refractivity contribution in [1.82, 2.24) is 19.4 Å². The molecule has 1 fully saturated rings. The summed E-state index contributed by atoms with van der Waals surface area (Å²) in [5.41, 5.74) is 3.58. The van der Waals surface area contributed by atoms with Gasteiger partial charge >= 0.3 is 0 Å². The van der Waals surface area contributed by atoms with Gasteiger partial charge in [-0.05, 0) is 43.5 Å². The number of aromatic nitrogens is 2. The van der Waals surface area contributed by atoms with Gasteiger partial charge in [0.2, 0.25) is 10.0 Å².